The Morgan fingerprint density at radius 1 is 1.11 bits per heavy atom. The van der Waals surface area contributed by atoms with Gasteiger partial charge in [0.2, 0.25) is 11.8 Å². The topological polar surface area (TPSA) is 71.4 Å². The minimum atomic E-state index is -0.361. The van der Waals surface area contributed by atoms with Crippen LogP contribution < -0.4 is 10.9 Å². The number of nitrogens with zero attached hydrogens (tertiary/aromatic N) is 2. The van der Waals surface area contributed by atoms with Crippen LogP contribution in [0.5, 0.6) is 0 Å². The summed E-state index contributed by atoms with van der Waals surface area (Å²) in [5, 5.41) is 2.85. The van der Waals surface area contributed by atoms with Crippen LogP contribution in [-0.2, 0) is 22.6 Å². The SMILES string of the molecule is CCCn1cc(NC(=O)[C@@H]2CC(=O)N(CCc3ccccc3)C2)ccc1=O. The highest BCUT2D eigenvalue weighted by molar-refractivity contribution is 5.97. The predicted molar refractivity (Wildman–Crippen MR) is 104 cm³/mol. The molecule has 1 atom stereocenters. The van der Waals surface area contributed by atoms with Gasteiger partial charge in [-0.3, -0.25) is 14.4 Å². The molecule has 0 aliphatic carbocycles. The van der Waals surface area contributed by atoms with E-state index in [0.717, 1.165) is 12.8 Å². The molecule has 6 heteroatoms. The van der Waals surface area contributed by atoms with Crippen LogP contribution in [0.15, 0.2) is 53.5 Å². The number of aromatic nitrogens is 1. The van der Waals surface area contributed by atoms with Crippen LogP contribution in [0.3, 0.4) is 0 Å². The molecule has 0 radical (unpaired) electrons. The number of carbonyl (C=O) groups is 2. The van der Waals surface area contributed by atoms with E-state index >= 15 is 0 Å². The standard InChI is InChI=1S/C21H25N3O3/c1-2-11-23-15-18(8-9-19(23)25)22-21(27)17-13-20(26)24(14-17)12-10-16-6-4-3-5-7-16/h3-9,15,17H,2,10-14H2,1H3,(H,22,27)/t17-/m1/s1. The van der Waals surface area contributed by atoms with Gasteiger partial charge in [-0.15, -0.1) is 0 Å². The van der Waals surface area contributed by atoms with E-state index in [1.54, 1.807) is 21.7 Å². The average Bonchev–Trinajstić information content (AvgIpc) is 3.05. The Labute approximate surface area is 158 Å². The van der Waals surface area contributed by atoms with Crippen LogP contribution in [0, 0.1) is 5.92 Å². The summed E-state index contributed by atoms with van der Waals surface area (Å²) in [4.78, 5) is 38.3. The Balaban J connectivity index is 1.57. The van der Waals surface area contributed by atoms with Crippen molar-refractivity contribution in [3.63, 3.8) is 0 Å². The van der Waals surface area contributed by atoms with E-state index in [1.807, 2.05) is 37.3 Å². The summed E-state index contributed by atoms with van der Waals surface area (Å²) in [5.41, 5.74) is 1.68. The van der Waals surface area contributed by atoms with Crippen LogP contribution in [0.1, 0.15) is 25.3 Å². The van der Waals surface area contributed by atoms with Crippen molar-refractivity contribution in [3.8, 4) is 0 Å². The number of anilines is 1. The number of rotatable bonds is 7. The van der Waals surface area contributed by atoms with E-state index < -0.39 is 0 Å². The van der Waals surface area contributed by atoms with Gasteiger partial charge in [0.05, 0.1) is 11.6 Å². The highest BCUT2D eigenvalue weighted by Gasteiger charge is 2.34. The number of likely N-dealkylation sites (tertiary alicyclic amines) is 1. The van der Waals surface area contributed by atoms with Gasteiger partial charge in [0.15, 0.2) is 0 Å². The molecule has 1 N–H and O–H groups in total. The fourth-order valence-corrected chi connectivity index (χ4v) is 3.34. The Hall–Kier alpha value is -2.89. The zero-order valence-electron chi connectivity index (χ0n) is 15.6. The van der Waals surface area contributed by atoms with E-state index in [1.165, 1.54) is 11.6 Å². The van der Waals surface area contributed by atoms with E-state index in [2.05, 4.69) is 5.32 Å². The first-order valence-corrected chi connectivity index (χ1v) is 9.40. The normalized spacial score (nSPS) is 16.6. The van der Waals surface area contributed by atoms with Crippen molar-refractivity contribution in [2.45, 2.75) is 32.7 Å². The van der Waals surface area contributed by atoms with Gasteiger partial charge in [0.25, 0.3) is 5.56 Å². The van der Waals surface area contributed by atoms with Gasteiger partial charge in [0.1, 0.15) is 0 Å². The quantitative estimate of drug-likeness (QED) is 0.816. The molecule has 0 saturated carbocycles. The molecule has 27 heavy (non-hydrogen) atoms. The van der Waals surface area contributed by atoms with Gasteiger partial charge >= 0.3 is 0 Å². The first-order chi connectivity index (χ1) is 13.1. The fraction of sp³-hybridized carbons (Fsp3) is 0.381. The Kier molecular flexibility index (Phi) is 6.06. The average molecular weight is 367 g/mol. The van der Waals surface area contributed by atoms with Gasteiger partial charge in [-0.05, 0) is 24.5 Å². The molecule has 0 spiro atoms. The Morgan fingerprint density at radius 2 is 1.89 bits per heavy atom. The molecule has 0 unspecified atom stereocenters. The molecular formula is C21H25N3O3. The molecule has 1 aromatic heterocycles. The van der Waals surface area contributed by atoms with E-state index in [0.29, 0.717) is 25.3 Å². The number of hydrogen-bond donors (Lipinski definition) is 1. The molecule has 142 valence electrons. The maximum atomic E-state index is 12.6. The smallest absolute Gasteiger partial charge is 0.250 e. The van der Waals surface area contributed by atoms with Gasteiger partial charge < -0.3 is 14.8 Å². The number of benzene rings is 1. The van der Waals surface area contributed by atoms with E-state index in [-0.39, 0.29) is 29.7 Å². The maximum absolute atomic E-state index is 12.6. The zero-order valence-corrected chi connectivity index (χ0v) is 15.6. The number of pyridine rings is 1. The second-order valence-electron chi connectivity index (χ2n) is 6.92. The van der Waals surface area contributed by atoms with Crippen molar-refractivity contribution in [1.29, 1.82) is 0 Å². The molecule has 2 heterocycles. The van der Waals surface area contributed by atoms with Gasteiger partial charge in [0, 0.05) is 38.3 Å². The largest absolute Gasteiger partial charge is 0.342 e. The second-order valence-corrected chi connectivity index (χ2v) is 6.92. The van der Waals surface area contributed by atoms with Crippen molar-refractivity contribution in [2.75, 3.05) is 18.4 Å². The molecule has 1 aliphatic rings. The molecule has 3 rings (SSSR count). The third kappa shape index (κ3) is 4.84. The number of aryl methyl sites for hydroxylation is 1. The first-order valence-electron chi connectivity index (χ1n) is 9.40. The highest BCUT2D eigenvalue weighted by atomic mass is 16.2. The lowest BCUT2D eigenvalue weighted by Crippen LogP contribution is -2.30. The van der Waals surface area contributed by atoms with Crippen molar-refractivity contribution < 1.29 is 9.59 Å². The molecule has 2 aromatic rings. The summed E-state index contributed by atoms with van der Waals surface area (Å²) in [6, 6.07) is 13.1. The van der Waals surface area contributed by atoms with Crippen molar-refractivity contribution in [3.05, 3.63) is 64.6 Å². The second kappa shape index (κ2) is 8.66. The van der Waals surface area contributed by atoms with Crippen LogP contribution >= 0.6 is 0 Å². The Morgan fingerprint density at radius 3 is 2.63 bits per heavy atom. The number of hydrogen-bond acceptors (Lipinski definition) is 3. The Bertz CT molecular complexity index is 860. The van der Waals surface area contributed by atoms with Gasteiger partial charge in [-0.25, -0.2) is 0 Å². The van der Waals surface area contributed by atoms with E-state index in [4.69, 9.17) is 0 Å². The summed E-state index contributed by atoms with van der Waals surface area (Å²) in [5.74, 6) is -0.519. The van der Waals surface area contributed by atoms with Crippen molar-refractivity contribution in [1.82, 2.24) is 9.47 Å². The monoisotopic (exact) mass is 367 g/mol. The molecule has 2 amide bonds. The van der Waals surface area contributed by atoms with Crippen molar-refractivity contribution >= 4 is 17.5 Å². The number of carbonyl (C=O) groups excluding carboxylic acids is 2. The molecule has 1 aliphatic heterocycles. The lowest BCUT2D eigenvalue weighted by atomic mass is 10.1. The van der Waals surface area contributed by atoms with Crippen LogP contribution in [0.25, 0.3) is 0 Å². The molecule has 0 bridgehead atoms. The fourth-order valence-electron chi connectivity index (χ4n) is 3.34. The number of amides is 2. The van der Waals surface area contributed by atoms with E-state index in [9.17, 15) is 14.4 Å². The highest BCUT2D eigenvalue weighted by Crippen LogP contribution is 2.20. The predicted octanol–water partition coefficient (Wildman–Crippen LogP) is 2.29. The first kappa shape index (κ1) is 18.9. The minimum Gasteiger partial charge on any atom is -0.342 e. The van der Waals surface area contributed by atoms with Crippen molar-refractivity contribution in [2.24, 2.45) is 5.92 Å². The summed E-state index contributed by atoms with van der Waals surface area (Å²) in [7, 11) is 0. The molecule has 6 nitrogen and oxygen atoms in total. The summed E-state index contributed by atoms with van der Waals surface area (Å²) >= 11 is 0. The lowest BCUT2D eigenvalue weighted by Gasteiger charge is -2.16. The summed E-state index contributed by atoms with van der Waals surface area (Å²) in [6.07, 6.45) is 3.51. The van der Waals surface area contributed by atoms with Gasteiger partial charge in [-0.2, -0.15) is 0 Å². The molecule has 1 fully saturated rings. The lowest BCUT2D eigenvalue weighted by molar-refractivity contribution is -0.128. The maximum Gasteiger partial charge on any atom is 0.250 e. The third-order valence-corrected chi connectivity index (χ3v) is 4.81. The van der Waals surface area contributed by atoms with Crippen LogP contribution in [0.2, 0.25) is 0 Å². The van der Waals surface area contributed by atoms with Gasteiger partial charge in [-0.1, -0.05) is 37.3 Å². The number of nitrogens with one attached hydrogen (secondary N) is 1. The van der Waals surface area contributed by atoms with Crippen LogP contribution in [0.4, 0.5) is 5.69 Å². The third-order valence-electron chi connectivity index (χ3n) is 4.81. The molecule has 1 aromatic carbocycles. The molecule has 1 saturated heterocycles. The molecular weight excluding hydrogens is 342 g/mol. The summed E-state index contributed by atoms with van der Waals surface area (Å²) < 4.78 is 1.58. The summed E-state index contributed by atoms with van der Waals surface area (Å²) in [6.45, 7) is 3.66. The zero-order chi connectivity index (χ0) is 19.2. The minimum absolute atomic E-state index is 0.0158. The van der Waals surface area contributed by atoms with Crippen LogP contribution in [-0.4, -0.2) is 34.4 Å².